The van der Waals surface area contributed by atoms with E-state index < -0.39 is 33.0 Å². The fourth-order valence-corrected chi connectivity index (χ4v) is 5.31. The number of rotatable bonds is 2. The minimum absolute atomic E-state index is 0.0684. The molecular formula is C18H2Cl10F3N. The van der Waals surface area contributed by atoms with E-state index >= 15 is 0 Å². The van der Waals surface area contributed by atoms with Crippen LogP contribution in [-0.4, -0.2) is 4.98 Å². The van der Waals surface area contributed by atoms with Crippen LogP contribution in [0.2, 0.25) is 50.2 Å². The van der Waals surface area contributed by atoms with Crippen LogP contribution in [0.1, 0.15) is 5.56 Å². The van der Waals surface area contributed by atoms with E-state index in [4.69, 9.17) is 116 Å². The number of nitrogens with zero attached hydrogens (tertiary/aromatic N) is 1. The molecule has 0 fully saturated rings. The average Bonchev–Trinajstić information content (AvgIpc) is 2.73. The molecule has 170 valence electrons. The zero-order chi connectivity index (χ0) is 24.3. The molecule has 0 saturated carbocycles. The summed E-state index contributed by atoms with van der Waals surface area (Å²) in [5.41, 5.74) is -2.52. The molecule has 0 aliphatic carbocycles. The predicted octanol–water partition coefficient (Wildman–Crippen LogP) is 12.0. The molecule has 2 aromatic carbocycles. The fraction of sp³-hybridized carbons (Fsp3) is 0.0556. The summed E-state index contributed by atoms with van der Waals surface area (Å²) in [7, 11) is 0. The van der Waals surface area contributed by atoms with Gasteiger partial charge in [0.2, 0.25) is 0 Å². The Bertz CT molecular complexity index is 1220. The van der Waals surface area contributed by atoms with E-state index in [0.29, 0.717) is 0 Å². The van der Waals surface area contributed by atoms with E-state index in [-0.39, 0.29) is 51.4 Å². The van der Waals surface area contributed by atoms with Gasteiger partial charge in [0.05, 0.1) is 67.2 Å². The maximum atomic E-state index is 13.8. The van der Waals surface area contributed by atoms with Crippen molar-refractivity contribution in [1.29, 1.82) is 0 Å². The molecule has 0 atom stereocenters. The highest BCUT2D eigenvalue weighted by molar-refractivity contribution is 6.57. The second kappa shape index (κ2) is 9.73. The van der Waals surface area contributed by atoms with Crippen LogP contribution in [0.4, 0.5) is 13.2 Å². The average molecular weight is 644 g/mol. The van der Waals surface area contributed by atoms with Crippen LogP contribution in [0.5, 0.6) is 0 Å². The van der Waals surface area contributed by atoms with Crippen LogP contribution in [0.3, 0.4) is 0 Å². The van der Waals surface area contributed by atoms with Gasteiger partial charge in [-0.1, -0.05) is 116 Å². The molecule has 0 saturated heterocycles. The van der Waals surface area contributed by atoms with E-state index in [1.54, 1.807) is 0 Å². The van der Waals surface area contributed by atoms with E-state index in [9.17, 15) is 13.2 Å². The van der Waals surface area contributed by atoms with Gasteiger partial charge in [-0.2, -0.15) is 13.2 Å². The zero-order valence-electron chi connectivity index (χ0n) is 14.5. The molecule has 0 N–H and O–H groups in total. The highest BCUT2D eigenvalue weighted by Crippen LogP contribution is 2.52. The van der Waals surface area contributed by atoms with Gasteiger partial charge in [0, 0.05) is 11.1 Å². The third-order valence-electron chi connectivity index (χ3n) is 4.11. The van der Waals surface area contributed by atoms with Crippen LogP contribution in [0.15, 0.2) is 12.1 Å². The first kappa shape index (κ1) is 26.9. The molecular weight excluding hydrogens is 642 g/mol. The van der Waals surface area contributed by atoms with Gasteiger partial charge in [-0.25, -0.2) is 4.98 Å². The van der Waals surface area contributed by atoms with Crippen LogP contribution in [-0.2, 0) is 6.18 Å². The van der Waals surface area contributed by atoms with E-state index in [2.05, 4.69) is 4.98 Å². The lowest BCUT2D eigenvalue weighted by atomic mass is 10.0. The normalized spacial score (nSPS) is 11.9. The molecule has 0 aliphatic rings. The van der Waals surface area contributed by atoms with Crippen molar-refractivity contribution in [1.82, 2.24) is 4.98 Å². The van der Waals surface area contributed by atoms with Gasteiger partial charge >= 0.3 is 6.18 Å². The van der Waals surface area contributed by atoms with Crippen LogP contribution in [0.25, 0.3) is 22.5 Å². The zero-order valence-corrected chi connectivity index (χ0v) is 22.1. The summed E-state index contributed by atoms with van der Waals surface area (Å²) in [6.45, 7) is 0. The molecule has 0 aliphatic heterocycles. The number of alkyl halides is 3. The van der Waals surface area contributed by atoms with Crippen molar-refractivity contribution in [3.8, 4) is 22.5 Å². The molecule has 1 heterocycles. The Labute approximate surface area is 229 Å². The molecule has 32 heavy (non-hydrogen) atoms. The van der Waals surface area contributed by atoms with Crippen molar-refractivity contribution in [2.75, 3.05) is 0 Å². The van der Waals surface area contributed by atoms with Gasteiger partial charge in [0.1, 0.15) is 0 Å². The number of halogens is 13. The van der Waals surface area contributed by atoms with Crippen LogP contribution >= 0.6 is 116 Å². The topological polar surface area (TPSA) is 12.9 Å². The van der Waals surface area contributed by atoms with Crippen molar-refractivity contribution in [3.05, 3.63) is 67.9 Å². The van der Waals surface area contributed by atoms with Gasteiger partial charge in [0.25, 0.3) is 0 Å². The van der Waals surface area contributed by atoms with Gasteiger partial charge in [-0.3, -0.25) is 0 Å². The van der Waals surface area contributed by atoms with E-state index in [0.717, 1.165) is 12.1 Å². The van der Waals surface area contributed by atoms with Gasteiger partial charge in [-0.05, 0) is 12.1 Å². The Kier molecular flexibility index (Phi) is 8.18. The predicted molar refractivity (Wildman–Crippen MR) is 130 cm³/mol. The first-order chi connectivity index (χ1) is 14.7. The van der Waals surface area contributed by atoms with Gasteiger partial charge in [0.15, 0.2) is 0 Å². The van der Waals surface area contributed by atoms with Crippen molar-refractivity contribution >= 4 is 116 Å². The molecule has 3 rings (SSSR count). The Balaban J connectivity index is 2.47. The largest absolute Gasteiger partial charge is 0.418 e. The smallest absolute Gasteiger partial charge is 0.247 e. The maximum absolute atomic E-state index is 13.8. The first-order valence-corrected chi connectivity index (χ1v) is 11.6. The number of pyridine rings is 1. The molecule has 0 spiro atoms. The van der Waals surface area contributed by atoms with Crippen molar-refractivity contribution < 1.29 is 13.2 Å². The van der Waals surface area contributed by atoms with Crippen LogP contribution in [0, 0.1) is 0 Å². The lowest BCUT2D eigenvalue weighted by molar-refractivity contribution is -0.137. The monoisotopic (exact) mass is 639 g/mol. The lowest BCUT2D eigenvalue weighted by Gasteiger charge is -2.19. The fourth-order valence-electron chi connectivity index (χ4n) is 2.66. The molecule has 0 unspecified atom stereocenters. The van der Waals surface area contributed by atoms with Crippen molar-refractivity contribution in [3.63, 3.8) is 0 Å². The summed E-state index contributed by atoms with van der Waals surface area (Å²) in [5.74, 6) is 0. The summed E-state index contributed by atoms with van der Waals surface area (Å²) in [6.07, 6.45) is -4.87. The minimum Gasteiger partial charge on any atom is -0.247 e. The molecule has 1 aromatic heterocycles. The second-order valence-electron chi connectivity index (χ2n) is 5.98. The number of benzene rings is 2. The summed E-state index contributed by atoms with van der Waals surface area (Å²) in [6, 6.07) is 1.74. The lowest BCUT2D eigenvalue weighted by Crippen LogP contribution is -2.10. The summed E-state index contributed by atoms with van der Waals surface area (Å²) >= 11 is 61.0. The summed E-state index contributed by atoms with van der Waals surface area (Å²) in [4.78, 5) is 4.07. The molecule has 14 heteroatoms. The Morgan fingerprint density at radius 3 is 1.22 bits per heavy atom. The molecule has 0 radical (unpaired) electrons. The molecule has 3 aromatic rings. The Morgan fingerprint density at radius 1 is 0.500 bits per heavy atom. The molecule has 1 nitrogen and oxygen atoms in total. The van der Waals surface area contributed by atoms with E-state index in [1.165, 1.54) is 0 Å². The van der Waals surface area contributed by atoms with E-state index in [1.807, 2.05) is 0 Å². The Hall–Kier alpha value is 0.280. The highest BCUT2D eigenvalue weighted by Gasteiger charge is 2.37. The highest BCUT2D eigenvalue weighted by atomic mass is 35.5. The third-order valence-corrected chi connectivity index (χ3v) is 8.67. The number of hydrogen-bond donors (Lipinski definition) is 0. The van der Waals surface area contributed by atoms with Crippen molar-refractivity contribution in [2.45, 2.75) is 6.18 Å². The quantitative estimate of drug-likeness (QED) is 0.200. The number of hydrogen-bond acceptors (Lipinski definition) is 1. The van der Waals surface area contributed by atoms with Crippen molar-refractivity contribution in [2.24, 2.45) is 0 Å². The number of aromatic nitrogens is 1. The first-order valence-electron chi connectivity index (χ1n) is 7.81. The second-order valence-corrected chi connectivity index (χ2v) is 9.76. The molecule has 0 amide bonds. The summed E-state index contributed by atoms with van der Waals surface area (Å²) < 4.78 is 41.5. The summed E-state index contributed by atoms with van der Waals surface area (Å²) in [5, 5.41) is -2.51. The minimum atomic E-state index is -4.87. The van der Waals surface area contributed by atoms with Crippen LogP contribution < -0.4 is 0 Å². The molecule has 0 bridgehead atoms. The standard InChI is InChI=1S/C18H2Cl10F3N/c19-7-5(8(20)12(24)15(27)11(7)23)4-2-1-3(18(29,30)31)17(32-4)6-9(21)13(25)16(28)14(26)10(6)22/h1-2H. The van der Waals surface area contributed by atoms with Gasteiger partial charge < -0.3 is 0 Å². The third kappa shape index (κ3) is 4.58. The maximum Gasteiger partial charge on any atom is 0.418 e. The van der Waals surface area contributed by atoms with Gasteiger partial charge in [-0.15, -0.1) is 0 Å². The SMILES string of the molecule is FC(F)(F)c1ccc(-c2c(Cl)c(Cl)c(Cl)c(Cl)c2Cl)nc1-c1c(Cl)c(Cl)c(Cl)c(Cl)c1Cl. The Morgan fingerprint density at radius 2 is 0.844 bits per heavy atom.